The van der Waals surface area contributed by atoms with Crippen LogP contribution >= 0.6 is 0 Å². The molecule has 124 valence electrons. The first-order chi connectivity index (χ1) is 10.8. The maximum atomic E-state index is 12.6. The van der Waals surface area contributed by atoms with Gasteiger partial charge in [-0.05, 0) is 44.9 Å². The molecule has 1 fully saturated rings. The summed E-state index contributed by atoms with van der Waals surface area (Å²) < 4.78 is 28.0. The lowest BCUT2D eigenvalue weighted by atomic mass is 10.0. The summed E-state index contributed by atoms with van der Waals surface area (Å²) in [6.07, 6.45) is 3.92. The second-order valence-corrected chi connectivity index (χ2v) is 8.23. The number of carbonyl (C=O) groups is 1. The summed E-state index contributed by atoms with van der Waals surface area (Å²) in [4.78, 5) is 14.1. The number of fused-ring (bicyclic) bond motifs is 1. The summed E-state index contributed by atoms with van der Waals surface area (Å²) in [7, 11) is -1.84. The molecule has 1 amide bonds. The number of carbonyl (C=O) groups excluding carboxylic acids is 1. The van der Waals surface area contributed by atoms with Gasteiger partial charge in [-0.3, -0.25) is 4.79 Å². The van der Waals surface area contributed by atoms with E-state index < -0.39 is 10.0 Å². The van der Waals surface area contributed by atoms with Gasteiger partial charge in [0.2, 0.25) is 10.0 Å². The van der Waals surface area contributed by atoms with Crippen LogP contribution in [0.5, 0.6) is 0 Å². The van der Waals surface area contributed by atoms with Crippen molar-refractivity contribution in [3.8, 4) is 0 Å². The summed E-state index contributed by atoms with van der Waals surface area (Å²) >= 11 is 0. The van der Waals surface area contributed by atoms with Gasteiger partial charge in [-0.2, -0.15) is 0 Å². The lowest BCUT2D eigenvalue weighted by Gasteiger charge is -2.14. The molecule has 23 heavy (non-hydrogen) atoms. The van der Waals surface area contributed by atoms with E-state index in [4.69, 9.17) is 0 Å². The van der Waals surface area contributed by atoms with Crippen LogP contribution in [0.3, 0.4) is 0 Å². The predicted octanol–water partition coefficient (Wildman–Crippen LogP) is 2.68. The molecule has 0 unspecified atom stereocenters. The molecular weight excluding hydrogens is 312 g/mol. The highest BCUT2D eigenvalue weighted by atomic mass is 32.2. The number of allylic oxidation sites excluding steroid dienone is 1. The molecular formula is C17H22N2O3S. The number of hydrogen-bond acceptors (Lipinski definition) is 3. The lowest BCUT2D eigenvalue weighted by Crippen LogP contribution is -2.32. The maximum absolute atomic E-state index is 12.6. The van der Waals surface area contributed by atoms with Crippen molar-refractivity contribution >= 4 is 27.2 Å². The largest absolute Gasteiger partial charge is 0.311 e. The van der Waals surface area contributed by atoms with E-state index in [2.05, 4.69) is 4.72 Å². The third-order valence-electron chi connectivity index (χ3n) is 4.60. The summed E-state index contributed by atoms with van der Waals surface area (Å²) in [6, 6.07) is 4.94. The van der Waals surface area contributed by atoms with Gasteiger partial charge in [0.25, 0.3) is 5.91 Å². The van der Waals surface area contributed by atoms with Gasteiger partial charge in [0.1, 0.15) is 0 Å². The fourth-order valence-corrected chi connectivity index (χ4v) is 4.71. The zero-order valence-electron chi connectivity index (χ0n) is 13.7. The highest BCUT2D eigenvalue weighted by molar-refractivity contribution is 7.89. The molecule has 1 aliphatic heterocycles. The molecule has 0 saturated heterocycles. The summed E-state index contributed by atoms with van der Waals surface area (Å²) in [5.74, 6) is -0.0849. The van der Waals surface area contributed by atoms with Gasteiger partial charge in [-0.1, -0.05) is 18.4 Å². The Balaban J connectivity index is 2.01. The third kappa shape index (κ3) is 2.81. The molecule has 6 heteroatoms. The molecule has 1 saturated carbocycles. The second-order valence-electron chi connectivity index (χ2n) is 6.52. The number of likely N-dealkylation sites (N-methyl/N-ethyl adjacent to an activating group) is 1. The highest BCUT2D eigenvalue weighted by Crippen LogP contribution is 2.38. The zero-order chi connectivity index (χ0) is 16.8. The number of nitrogens with one attached hydrogen (secondary N) is 1. The predicted molar refractivity (Wildman–Crippen MR) is 90.7 cm³/mol. The molecule has 5 nitrogen and oxygen atoms in total. The van der Waals surface area contributed by atoms with Crippen LogP contribution in [0.2, 0.25) is 0 Å². The van der Waals surface area contributed by atoms with Gasteiger partial charge in [-0.15, -0.1) is 0 Å². The van der Waals surface area contributed by atoms with Gasteiger partial charge in [0.15, 0.2) is 0 Å². The number of sulfonamides is 1. The van der Waals surface area contributed by atoms with E-state index in [-0.39, 0.29) is 16.8 Å². The minimum atomic E-state index is -3.55. The van der Waals surface area contributed by atoms with Gasteiger partial charge in [0.05, 0.1) is 10.6 Å². The number of hydrogen-bond donors (Lipinski definition) is 1. The summed E-state index contributed by atoms with van der Waals surface area (Å²) in [6.45, 7) is 3.74. The Morgan fingerprint density at radius 1 is 1.22 bits per heavy atom. The molecule has 0 bridgehead atoms. The van der Waals surface area contributed by atoms with E-state index in [1.165, 1.54) is 0 Å². The first-order valence-corrected chi connectivity index (χ1v) is 9.42. The molecule has 1 aliphatic carbocycles. The van der Waals surface area contributed by atoms with Crippen molar-refractivity contribution in [1.82, 2.24) is 4.72 Å². The van der Waals surface area contributed by atoms with E-state index in [0.717, 1.165) is 36.9 Å². The fourth-order valence-electron chi connectivity index (χ4n) is 3.38. The van der Waals surface area contributed by atoms with Crippen LogP contribution in [0, 0.1) is 0 Å². The van der Waals surface area contributed by atoms with Crippen molar-refractivity contribution in [1.29, 1.82) is 0 Å². The van der Waals surface area contributed by atoms with Crippen molar-refractivity contribution in [2.45, 2.75) is 50.5 Å². The number of anilines is 1. The van der Waals surface area contributed by atoms with Gasteiger partial charge >= 0.3 is 0 Å². The van der Waals surface area contributed by atoms with Crippen LogP contribution in [0.15, 0.2) is 28.7 Å². The molecule has 0 aromatic heterocycles. The fraction of sp³-hybridized carbons (Fsp3) is 0.471. The molecule has 1 aromatic carbocycles. The SMILES string of the molecule is CC(C)=C1C(=O)N(C)c2ccc(S(=O)(=O)NC3CCCC3)cc21. The van der Waals surface area contributed by atoms with Crippen molar-refractivity contribution in [3.63, 3.8) is 0 Å². The Hall–Kier alpha value is -1.66. The Morgan fingerprint density at radius 3 is 2.48 bits per heavy atom. The van der Waals surface area contributed by atoms with E-state index in [0.29, 0.717) is 11.1 Å². The molecule has 3 rings (SSSR count). The van der Waals surface area contributed by atoms with Crippen molar-refractivity contribution in [2.75, 3.05) is 11.9 Å². The van der Waals surface area contributed by atoms with Crippen LogP contribution < -0.4 is 9.62 Å². The number of benzene rings is 1. The normalized spacial score (nSPS) is 18.7. The smallest absolute Gasteiger partial charge is 0.258 e. The van der Waals surface area contributed by atoms with Crippen LogP contribution in [0.1, 0.15) is 45.1 Å². The molecule has 0 radical (unpaired) electrons. The van der Waals surface area contributed by atoms with Crippen LogP contribution in [0.25, 0.3) is 5.57 Å². The van der Waals surface area contributed by atoms with Crippen molar-refractivity contribution in [3.05, 3.63) is 29.3 Å². The number of amides is 1. The molecule has 0 atom stereocenters. The average Bonchev–Trinajstić information content (AvgIpc) is 3.06. The molecule has 2 aliphatic rings. The minimum absolute atomic E-state index is 0.0282. The quantitative estimate of drug-likeness (QED) is 0.864. The van der Waals surface area contributed by atoms with Gasteiger partial charge in [0, 0.05) is 24.2 Å². The van der Waals surface area contributed by atoms with E-state index in [1.807, 2.05) is 13.8 Å². The minimum Gasteiger partial charge on any atom is -0.311 e. The third-order valence-corrected chi connectivity index (χ3v) is 6.12. The van der Waals surface area contributed by atoms with Gasteiger partial charge < -0.3 is 4.90 Å². The van der Waals surface area contributed by atoms with Crippen LogP contribution in [-0.2, 0) is 14.8 Å². The van der Waals surface area contributed by atoms with Crippen LogP contribution in [0.4, 0.5) is 5.69 Å². The van der Waals surface area contributed by atoms with Gasteiger partial charge in [-0.25, -0.2) is 13.1 Å². The Labute approximate surface area is 137 Å². The molecule has 1 N–H and O–H groups in total. The van der Waals surface area contributed by atoms with Crippen molar-refractivity contribution < 1.29 is 13.2 Å². The number of rotatable bonds is 3. The van der Waals surface area contributed by atoms with E-state index in [1.54, 1.807) is 30.1 Å². The standard InChI is InChI=1S/C17H22N2O3S/c1-11(2)16-14-10-13(8-9-15(14)19(3)17(16)20)23(21,22)18-12-6-4-5-7-12/h8-10,12,18H,4-7H2,1-3H3. The first kappa shape index (κ1) is 16.2. The topological polar surface area (TPSA) is 66.5 Å². The van der Waals surface area contributed by atoms with E-state index >= 15 is 0 Å². The molecule has 1 aromatic rings. The molecule has 1 heterocycles. The Bertz CT molecular complexity index is 786. The maximum Gasteiger partial charge on any atom is 0.258 e. The summed E-state index contributed by atoms with van der Waals surface area (Å²) in [5, 5.41) is 0. The number of nitrogens with zero attached hydrogens (tertiary/aromatic N) is 1. The Morgan fingerprint density at radius 2 is 1.87 bits per heavy atom. The van der Waals surface area contributed by atoms with E-state index in [9.17, 15) is 13.2 Å². The highest BCUT2D eigenvalue weighted by Gasteiger charge is 2.32. The lowest BCUT2D eigenvalue weighted by molar-refractivity contribution is -0.112. The average molecular weight is 334 g/mol. The molecule has 0 spiro atoms. The Kier molecular flexibility index (Phi) is 4.06. The second kappa shape index (κ2) is 5.76. The zero-order valence-corrected chi connectivity index (χ0v) is 14.5. The van der Waals surface area contributed by atoms with Crippen molar-refractivity contribution in [2.24, 2.45) is 0 Å². The summed E-state index contributed by atoms with van der Waals surface area (Å²) in [5.41, 5.74) is 2.94. The first-order valence-electron chi connectivity index (χ1n) is 7.93. The monoisotopic (exact) mass is 334 g/mol. The van der Waals surface area contributed by atoms with Crippen LogP contribution in [-0.4, -0.2) is 27.4 Å².